The smallest absolute Gasteiger partial charge is 0.251 e. The van der Waals surface area contributed by atoms with Crippen LogP contribution in [0.5, 0.6) is 5.75 Å². The first-order chi connectivity index (χ1) is 20.5. The van der Waals surface area contributed by atoms with Crippen molar-refractivity contribution in [3.05, 3.63) is 64.6 Å². The maximum absolute atomic E-state index is 12.7. The zero-order chi connectivity index (χ0) is 28.9. The molecule has 2 aromatic heterocycles. The minimum Gasteiger partial charge on any atom is -0.487 e. The van der Waals surface area contributed by atoms with Gasteiger partial charge in [-0.15, -0.1) is 5.10 Å². The molecule has 1 aliphatic carbocycles. The highest BCUT2D eigenvalue weighted by Crippen LogP contribution is 2.30. The Labute approximate surface area is 246 Å². The molecule has 1 saturated carbocycles. The third-order valence-electron chi connectivity index (χ3n) is 8.62. The van der Waals surface area contributed by atoms with E-state index in [-0.39, 0.29) is 18.7 Å². The number of pyridine rings is 1. The van der Waals surface area contributed by atoms with Gasteiger partial charge in [0.2, 0.25) is 0 Å². The number of aromatic nitrogens is 4. The molecule has 11 heteroatoms. The van der Waals surface area contributed by atoms with Crippen molar-refractivity contribution in [1.82, 2.24) is 30.2 Å². The van der Waals surface area contributed by atoms with E-state index in [1.165, 1.54) is 17.5 Å². The van der Waals surface area contributed by atoms with E-state index in [2.05, 4.69) is 43.8 Å². The van der Waals surface area contributed by atoms with Crippen molar-refractivity contribution in [3.63, 3.8) is 0 Å². The second-order valence-corrected chi connectivity index (χ2v) is 11.7. The first-order valence-corrected chi connectivity index (χ1v) is 15.2. The van der Waals surface area contributed by atoms with Gasteiger partial charge in [0, 0.05) is 50.6 Å². The molecule has 2 atom stereocenters. The van der Waals surface area contributed by atoms with Gasteiger partial charge in [-0.05, 0) is 86.8 Å². The minimum atomic E-state index is -0.666. The third-order valence-corrected chi connectivity index (χ3v) is 8.62. The Kier molecular flexibility index (Phi) is 8.97. The molecule has 3 N–H and O–H groups in total. The van der Waals surface area contributed by atoms with Crippen LogP contribution >= 0.6 is 0 Å². The maximum Gasteiger partial charge on any atom is 0.251 e. The largest absolute Gasteiger partial charge is 0.487 e. The molecule has 42 heavy (non-hydrogen) atoms. The average Bonchev–Trinajstić information content (AvgIpc) is 3.47. The first-order valence-electron chi connectivity index (χ1n) is 15.2. The second-order valence-electron chi connectivity index (χ2n) is 11.7. The van der Waals surface area contributed by atoms with Crippen molar-refractivity contribution >= 4 is 11.7 Å². The van der Waals surface area contributed by atoms with Crippen molar-refractivity contribution in [2.24, 2.45) is 0 Å². The van der Waals surface area contributed by atoms with Gasteiger partial charge >= 0.3 is 0 Å². The number of anilines is 1. The zero-order valence-corrected chi connectivity index (χ0v) is 24.3. The second kappa shape index (κ2) is 13.2. The third kappa shape index (κ3) is 6.74. The Morgan fingerprint density at radius 1 is 1.21 bits per heavy atom. The summed E-state index contributed by atoms with van der Waals surface area (Å²) in [5, 5.41) is 25.3. The van der Waals surface area contributed by atoms with Gasteiger partial charge in [-0.1, -0.05) is 11.3 Å². The van der Waals surface area contributed by atoms with Crippen LogP contribution in [-0.2, 0) is 24.3 Å². The minimum absolute atomic E-state index is 0.0680. The number of amides is 1. The summed E-state index contributed by atoms with van der Waals surface area (Å²) in [5.41, 5.74) is 5.14. The van der Waals surface area contributed by atoms with Gasteiger partial charge in [0.15, 0.2) is 6.23 Å². The maximum atomic E-state index is 12.7. The molecule has 2 unspecified atom stereocenters. The fourth-order valence-electron chi connectivity index (χ4n) is 5.96. The van der Waals surface area contributed by atoms with Gasteiger partial charge in [0.1, 0.15) is 18.2 Å². The number of rotatable bonds is 11. The van der Waals surface area contributed by atoms with Gasteiger partial charge in [-0.25, -0.2) is 9.67 Å². The van der Waals surface area contributed by atoms with E-state index in [1.54, 1.807) is 24.5 Å². The summed E-state index contributed by atoms with van der Waals surface area (Å²) in [5.74, 6) is 1.39. The molecule has 1 saturated heterocycles. The summed E-state index contributed by atoms with van der Waals surface area (Å²) in [6, 6.07) is 8.08. The molecular formula is C31H41N7O4. The van der Waals surface area contributed by atoms with Crippen LogP contribution in [0.25, 0.3) is 0 Å². The molecule has 1 amide bonds. The molecule has 0 bridgehead atoms. The van der Waals surface area contributed by atoms with E-state index in [0.29, 0.717) is 24.8 Å². The van der Waals surface area contributed by atoms with Gasteiger partial charge in [-0.3, -0.25) is 9.69 Å². The Balaban J connectivity index is 0.985. The molecule has 0 radical (unpaired) electrons. The SMILES string of the molecule is Cc1c(OCc2cnnn2C2CCCCO2)ccc2c1CCN(CC(O)CNC(=O)c1ccnc(NC3CCC3)c1)C2. The fourth-order valence-corrected chi connectivity index (χ4v) is 5.96. The number of hydrogen-bond donors (Lipinski definition) is 3. The van der Waals surface area contributed by atoms with Crippen LogP contribution in [0, 0.1) is 6.92 Å². The highest BCUT2D eigenvalue weighted by molar-refractivity contribution is 5.94. The number of β-amino-alcohol motifs (C(OH)–C–C–N with tert-alkyl or cyclic N) is 1. The summed E-state index contributed by atoms with van der Waals surface area (Å²) < 4.78 is 14.0. The standard InChI is InChI=1S/C31H41N7O4/c1-21-27-11-13-37(19-26(39)17-33-31(40)22-10-12-32-29(15-22)35-24-5-4-6-24)18-23(27)8-9-28(21)42-20-25-16-34-36-38(25)30-7-2-3-14-41-30/h8-10,12,15-16,24,26,30,39H,2-7,11,13-14,17-20H2,1H3,(H,32,35)(H,33,40). The van der Waals surface area contributed by atoms with Crippen molar-refractivity contribution in [3.8, 4) is 5.75 Å². The van der Waals surface area contributed by atoms with Crippen LogP contribution in [0.1, 0.15) is 77.5 Å². The monoisotopic (exact) mass is 575 g/mol. The number of hydrogen-bond acceptors (Lipinski definition) is 9. The van der Waals surface area contributed by atoms with Gasteiger partial charge in [-0.2, -0.15) is 0 Å². The molecule has 2 fully saturated rings. The highest BCUT2D eigenvalue weighted by atomic mass is 16.5. The van der Waals surface area contributed by atoms with E-state index < -0.39 is 6.10 Å². The molecule has 2 aliphatic heterocycles. The van der Waals surface area contributed by atoms with Crippen LogP contribution in [0.2, 0.25) is 0 Å². The zero-order valence-electron chi connectivity index (χ0n) is 24.3. The Morgan fingerprint density at radius 3 is 2.93 bits per heavy atom. The topological polar surface area (TPSA) is 127 Å². The number of benzene rings is 1. The van der Waals surface area contributed by atoms with Crippen molar-refractivity contribution in [2.75, 3.05) is 31.6 Å². The first kappa shape index (κ1) is 28.6. The van der Waals surface area contributed by atoms with E-state index in [0.717, 1.165) is 81.0 Å². The van der Waals surface area contributed by atoms with Crippen molar-refractivity contribution in [1.29, 1.82) is 0 Å². The number of nitrogens with one attached hydrogen (secondary N) is 2. The molecule has 1 aromatic carbocycles. The predicted molar refractivity (Wildman–Crippen MR) is 157 cm³/mol. The molecule has 0 spiro atoms. The number of ether oxygens (including phenoxy) is 2. The number of aliphatic hydroxyl groups excluding tert-OH is 1. The van der Waals surface area contributed by atoms with Gasteiger partial charge in [0.25, 0.3) is 5.91 Å². The number of fused-ring (bicyclic) bond motifs is 1. The molecule has 4 heterocycles. The Bertz CT molecular complexity index is 1370. The molecule has 3 aromatic rings. The Morgan fingerprint density at radius 2 is 2.12 bits per heavy atom. The van der Waals surface area contributed by atoms with Crippen LogP contribution < -0.4 is 15.4 Å². The van der Waals surface area contributed by atoms with E-state index in [4.69, 9.17) is 9.47 Å². The van der Waals surface area contributed by atoms with Crippen LogP contribution in [0.4, 0.5) is 5.82 Å². The summed E-state index contributed by atoms with van der Waals surface area (Å²) in [6.07, 6.45) is 10.2. The quantitative estimate of drug-likeness (QED) is 0.315. The lowest BCUT2D eigenvalue weighted by Gasteiger charge is -2.31. The molecule has 3 aliphatic rings. The number of aliphatic hydroxyl groups is 1. The average molecular weight is 576 g/mol. The van der Waals surface area contributed by atoms with Crippen LogP contribution in [0.3, 0.4) is 0 Å². The number of carbonyl (C=O) groups is 1. The normalized spacial score (nSPS) is 19.9. The predicted octanol–water partition coefficient (Wildman–Crippen LogP) is 3.37. The summed E-state index contributed by atoms with van der Waals surface area (Å²) >= 11 is 0. The summed E-state index contributed by atoms with van der Waals surface area (Å²) in [6.45, 7) is 5.51. The van der Waals surface area contributed by atoms with E-state index >= 15 is 0 Å². The van der Waals surface area contributed by atoms with Gasteiger partial charge in [0.05, 0.1) is 18.0 Å². The summed E-state index contributed by atoms with van der Waals surface area (Å²) in [4.78, 5) is 19.3. The lowest BCUT2D eigenvalue weighted by atomic mass is 9.93. The summed E-state index contributed by atoms with van der Waals surface area (Å²) in [7, 11) is 0. The molecule has 224 valence electrons. The van der Waals surface area contributed by atoms with Gasteiger partial charge < -0.3 is 25.2 Å². The van der Waals surface area contributed by atoms with Crippen LogP contribution in [0.15, 0.2) is 36.7 Å². The highest BCUT2D eigenvalue weighted by Gasteiger charge is 2.24. The Hall–Kier alpha value is -3.54. The lowest BCUT2D eigenvalue weighted by molar-refractivity contribution is -0.0433. The van der Waals surface area contributed by atoms with Crippen molar-refractivity contribution in [2.45, 2.75) is 83.4 Å². The molecular weight excluding hydrogens is 534 g/mol. The number of carbonyl (C=O) groups excluding carboxylic acids is 1. The van der Waals surface area contributed by atoms with E-state index in [9.17, 15) is 9.90 Å². The van der Waals surface area contributed by atoms with Crippen LogP contribution in [-0.4, -0.2) is 74.3 Å². The lowest BCUT2D eigenvalue weighted by Crippen LogP contribution is -2.42. The molecule has 11 nitrogen and oxygen atoms in total. The van der Waals surface area contributed by atoms with Crippen molar-refractivity contribution < 1.29 is 19.4 Å². The fraction of sp³-hybridized carbons (Fsp3) is 0.548. The number of nitrogens with zero attached hydrogens (tertiary/aromatic N) is 5. The van der Waals surface area contributed by atoms with E-state index in [1.807, 2.05) is 10.7 Å². The molecule has 6 rings (SSSR count).